The van der Waals surface area contributed by atoms with E-state index in [4.69, 9.17) is 0 Å². The van der Waals surface area contributed by atoms with Gasteiger partial charge in [0.15, 0.2) is 0 Å². The maximum Gasteiger partial charge on any atom is 0.255 e. The van der Waals surface area contributed by atoms with Crippen LogP contribution in [-0.2, 0) is 4.79 Å². The van der Waals surface area contributed by atoms with Gasteiger partial charge in [0.05, 0.1) is 11.9 Å². The van der Waals surface area contributed by atoms with Crippen molar-refractivity contribution in [3.8, 4) is 0 Å². The number of halogens is 1. The quantitative estimate of drug-likeness (QED) is 0.549. The molecule has 23 heavy (non-hydrogen) atoms. The van der Waals surface area contributed by atoms with E-state index in [9.17, 15) is 9.59 Å². The molecule has 1 amide bonds. The number of carbonyl (C=O) groups is 1. The number of hydrogen-bond donors (Lipinski definition) is 2. The average molecular weight is 370 g/mol. The molecule has 0 saturated carbocycles. The SMILES string of the molecule is O=C(/C=C/c1cc2ccccc2[nH]c1=O)Nc1ccc(Br)nc1. The maximum atomic E-state index is 12.0. The van der Waals surface area contributed by atoms with Gasteiger partial charge in [0.2, 0.25) is 5.91 Å². The smallest absolute Gasteiger partial charge is 0.255 e. The minimum atomic E-state index is -0.332. The first-order valence-electron chi connectivity index (χ1n) is 6.84. The van der Waals surface area contributed by atoms with Gasteiger partial charge in [0, 0.05) is 17.2 Å². The Kier molecular flexibility index (Phi) is 4.34. The molecule has 1 aromatic carbocycles. The summed E-state index contributed by atoms with van der Waals surface area (Å²) in [5, 5.41) is 3.58. The van der Waals surface area contributed by atoms with E-state index in [0.29, 0.717) is 15.9 Å². The van der Waals surface area contributed by atoms with Crippen LogP contribution < -0.4 is 10.9 Å². The number of anilines is 1. The highest BCUT2D eigenvalue weighted by Crippen LogP contribution is 2.12. The highest BCUT2D eigenvalue weighted by molar-refractivity contribution is 9.10. The Morgan fingerprint density at radius 3 is 2.83 bits per heavy atom. The largest absolute Gasteiger partial charge is 0.321 e. The Hall–Kier alpha value is -2.73. The van der Waals surface area contributed by atoms with Crippen molar-refractivity contribution in [1.29, 1.82) is 0 Å². The highest BCUT2D eigenvalue weighted by atomic mass is 79.9. The number of aromatic amines is 1. The molecule has 6 heteroatoms. The van der Waals surface area contributed by atoms with Crippen LogP contribution in [0, 0.1) is 0 Å². The second-order valence-corrected chi connectivity index (χ2v) is 5.65. The van der Waals surface area contributed by atoms with Crippen molar-refractivity contribution in [3.05, 3.63) is 75.3 Å². The number of benzene rings is 1. The molecule has 0 saturated heterocycles. The van der Waals surface area contributed by atoms with Crippen LogP contribution in [0.2, 0.25) is 0 Å². The molecular formula is C17H12BrN3O2. The predicted octanol–water partition coefficient (Wildman–Crippen LogP) is 3.34. The van der Waals surface area contributed by atoms with Crippen molar-refractivity contribution < 1.29 is 4.79 Å². The predicted molar refractivity (Wildman–Crippen MR) is 94.2 cm³/mol. The summed E-state index contributed by atoms with van der Waals surface area (Å²) in [4.78, 5) is 30.7. The standard InChI is InChI=1S/C17H12BrN3O2/c18-15-7-6-13(10-19-15)20-16(22)8-5-12-9-11-3-1-2-4-14(11)21-17(12)23/h1-10H,(H,20,22)(H,21,23)/b8-5+. The van der Waals surface area contributed by atoms with Crippen molar-refractivity contribution >= 4 is 44.5 Å². The lowest BCUT2D eigenvalue weighted by Gasteiger charge is -2.01. The van der Waals surface area contributed by atoms with E-state index in [1.165, 1.54) is 12.2 Å². The lowest BCUT2D eigenvalue weighted by Crippen LogP contribution is -2.11. The molecular weight excluding hydrogens is 358 g/mol. The van der Waals surface area contributed by atoms with Crippen LogP contribution in [0.4, 0.5) is 5.69 Å². The molecule has 0 fully saturated rings. The molecule has 3 rings (SSSR count). The third-order valence-corrected chi connectivity index (χ3v) is 3.66. The zero-order valence-corrected chi connectivity index (χ0v) is 13.5. The molecule has 2 N–H and O–H groups in total. The number of rotatable bonds is 3. The van der Waals surface area contributed by atoms with Gasteiger partial charge in [-0.05, 0) is 51.7 Å². The first kappa shape index (κ1) is 15.2. The molecule has 2 heterocycles. The number of fused-ring (bicyclic) bond motifs is 1. The third kappa shape index (κ3) is 3.73. The van der Waals surface area contributed by atoms with Crippen molar-refractivity contribution in [2.45, 2.75) is 0 Å². The molecule has 0 spiro atoms. The number of pyridine rings is 2. The molecule has 0 aliphatic carbocycles. The summed E-state index contributed by atoms with van der Waals surface area (Å²) < 4.78 is 0.689. The van der Waals surface area contributed by atoms with Crippen LogP contribution in [0.1, 0.15) is 5.56 Å². The van der Waals surface area contributed by atoms with Gasteiger partial charge in [-0.25, -0.2) is 4.98 Å². The van der Waals surface area contributed by atoms with E-state index in [0.717, 1.165) is 10.9 Å². The second-order valence-electron chi connectivity index (χ2n) is 4.83. The number of carbonyl (C=O) groups excluding carboxylic acids is 1. The second kappa shape index (κ2) is 6.58. The average Bonchev–Trinajstić information content (AvgIpc) is 2.55. The Morgan fingerprint density at radius 1 is 1.22 bits per heavy atom. The summed E-state index contributed by atoms with van der Waals surface area (Å²) in [6.45, 7) is 0. The number of amides is 1. The summed E-state index contributed by atoms with van der Waals surface area (Å²) in [5.74, 6) is -0.332. The van der Waals surface area contributed by atoms with E-state index in [1.807, 2.05) is 24.3 Å². The minimum Gasteiger partial charge on any atom is -0.321 e. The monoisotopic (exact) mass is 369 g/mol. The topological polar surface area (TPSA) is 74.8 Å². The first-order valence-corrected chi connectivity index (χ1v) is 7.64. The molecule has 0 atom stereocenters. The maximum absolute atomic E-state index is 12.0. The van der Waals surface area contributed by atoms with Crippen molar-refractivity contribution in [1.82, 2.24) is 9.97 Å². The Bertz CT molecular complexity index is 946. The molecule has 0 bridgehead atoms. The number of hydrogen-bond acceptors (Lipinski definition) is 3. The van der Waals surface area contributed by atoms with E-state index < -0.39 is 0 Å². The third-order valence-electron chi connectivity index (χ3n) is 3.19. The summed E-state index contributed by atoms with van der Waals surface area (Å²) in [6.07, 6.45) is 4.35. The lowest BCUT2D eigenvalue weighted by atomic mass is 10.1. The van der Waals surface area contributed by atoms with Crippen molar-refractivity contribution in [2.24, 2.45) is 0 Å². The van der Waals surface area contributed by atoms with Crippen LogP contribution in [-0.4, -0.2) is 15.9 Å². The summed E-state index contributed by atoms with van der Waals surface area (Å²) in [7, 11) is 0. The van der Waals surface area contributed by atoms with E-state index in [1.54, 1.807) is 24.4 Å². The Balaban J connectivity index is 1.79. The van der Waals surface area contributed by atoms with Crippen LogP contribution in [0.25, 0.3) is 17.0 Å². The number of H-pyrrole nitrogens is 1. The summed E-state index contributed by atoms with van der Waals surface area (Å²) >= 11 is 3.22. The summed E-state index contributed by atoms with van der Waals surface area (Å²) in [6, 6.07) is 12.7. The minimum absolute atomic E-state index is 0.238. The lowest BCUT2D eigenvalue weighted by molar-refractivity contribution is -0.111. The fraction of sp³-hybridized carbons (Fsp3) is 0. The van der Waals surface area contributed by atoms with Gasteiger partial charge < -0.3 is 10.3 Å². The molecule has 3 aromatic rings. The van der Waals surface area contributed by atoms with Crippen LogP contribution in [0.15, 0.2) is 64.1 Å². The van der Waals surface area contributed by atoms with Crippen LogP contribution in [0.3, 0.4) is 0 Å². The number of aromatic nitrogens is 2. The Labute approximate surface area is 140 Å². The van der Waals surface area contributed by atoms with E-state index in [2.05, 4.69) is 31.2 Å². The summed E-state index contributed by atoms with van der Waals surface area (Å²) in [5.41, 5.74) is 1.53. The van der Waals surface area contributed by atoms with E-state index in [-0.39, 0.29) is 11.5 Å². The number of nitrogens with zero attached hydrogens (tertiary/aromatic N) is 1. The molecule has 0 aliphatic rings. The molecule has 5 nitrogen and oxygen atoms in total. The molecule has 0 aliphatic heterocycles. The van der Waals surface area contributed by atoms with Gasteiger partial charge in [0.1, 0.15) is 4.60 Å². The molecule has 0 radical (unpaired) electrons. The molecule has 114 valence electrons. The molecule has 2 aromatic heterocycles. The zero-order valence-electron chi connectivity index (χ0n) is 11.9. The fourth-order valence-corrected chi connectivity index (χ4v) is 2.32. The van der Waals surface area contributed by atoms with Crippen molar-refractivity contribution in [2.75, 3.05) is 5.32 Å². The Morgan fingerprint density at radius 2 is 2.04 bits per heavy atom. The van der Waals surface area contributed by atoms with Gasteiger partial charge in [0.25, 0.3) is 5.56 Å². The van der Waals surface area contributed by atoms with Crippen molar-refractivity contribution in [3.63, 3.8) is 0 Å². The number of nitrogens with one attached hydrogen (secondary N) is 2. The highest BCUT2D eigenvalue weighted by Gasteiger charge is 2.02. The van der Waals surface area contributed by atoms with Gasteiger partial charge in [-0.1, -0.05) is 18.2 Å². The molecule has 0 unspecified atom stereocenters. The van der Waals surface area contributed by atoms with Crippen LogP contribution in [0.5, 0.6) is 0 Å². The number of para-hydroxylation sites is 1. The van der Waals surface area contributed by atoms with Gasteiger partial charge in [-0.15, -0.1) is 0 Å². The van der Waals surface area contributed by atoms with E-state index >= 15 is 0 Å². The van der Waals surface area contributed by atoms with Gasteiger partial charge in [-0.3, -0.25) is 9.59 Å². The normalized spacial score (nSPS) is 11.0. The fourth-order valence-electron chi connectivity index (χ4n) is 2.09. The zero-order chi connectivity index (χ0) is 16.2. The van der Waals surface area contributed by atoms with Crippen LogP contribution >= 0.6 is 15.9 Å². The van der Waals surface area contributed by atoms with Gasteiger partial charge >= 0.3 is 0 Å². The van der Waals surface area contributed by atoms with Gasteiger partial charge in [-0.2, -0.15) is 0 Å². The first-order chi connectivity index (χ1) is 11.1.